The van der Waals surface area contributed by atoms with Gasteiger partial charge in [0.1, 0.15) is 0 Å². The first-order valence-electron chi connectivity index (χ1n) is 3.05. The topological polar surface area (TPSA) is 55.1 Å². The average Bonchev–Trinajstić information content (AvgIpc) is 2.52. The molecule has 3 nitrogen and oxygen atoms in total. The number of thiophene rings is 1. The van der Waals surface area contributed by atoms with E-state index in [1.807, 2.05) is 22.9 Å². The van der Waals surface area contributed by atoms with E-state index in [0.717, 1.165) is 4.88 Å². The largest absolute Gasteiger partial charge is 0.291 e. The number of hydrazine groups is 1. The summed E-state index contributed by atoms with van der Waals surface area (Å²) in [5.41, 5.74) is 2.01. The van der Waals surface area contributed by atoms with Crippen LogP contribution in [0.3, 0.4) is 0 Å². The Bertz CT molecular complexity index is 253. The fourth-order valence-electron chi connectivity index (χ4n) is 0.592. The third kappa shape index (κ3) is 2.53. The van der Waals surface area contributed by atoms with Crippen LogP contribution in [0.15, 0.2) is 23.6 Å². The third-order valence-corrected chi connectivity index (χ3v) is 1.92. The molecule has 3 N–H and O–H groups in total. The highest BCUT2D eigenvalue weighted by Crippen LogP contribution is 2.09. The van der Waals surface area contributed by atoms with Gasteiger partial charge in [-0.2, -0.15) is 0 Å². The van der Waals surface area contributed by atoms with Crippen molar-refractivity contribution in [3.8, 4) is 0 Å². The summed E-state index contributed by atoms with van der Waals surface area (Å²) >= 11 is 1.57. The molecular weight excluding hydrogens is 160 g/mol. The Morgan fingerprint density at radius 1 is 1.73 bits per heavy atom. The smallest absolute Gasteiger partial charge is 0.257 e. The maximum Gasteiger partial charge on any atom is 0.257 e. The van der Waals surface area contributed by atoms with E-state index in [9.17, 15) is 4.79 Å². The number of carbonyl (C=O) groups is 1. The van der Waals surface area contributed by atoms with Crippen molar-refractivity contribution < 1.29 is 4.79 Å². The summed E-state index contributed by atoms with van der Waals surface area (Å²) in [6.45, 7) is 0. The highest BCUT2D eigenvalue weighted by molar-refractivity contribution is 7.10. The van der Waals surface area contributed by atoms with Gasteiger partial charge in [0.2, 0.25) is 0 Å². The lowest BCUT2D eigenvalue weighted by molar-refractivity contribution is -0.116. The lowest BCUT2D eigenvalue weighted by Gasteiger charge is -1.87. The summed E-state index contributed by atoms with van der Waals surface area (Å²) in [4.78, 5) is 11.6. The predicted molar refractivity (Wildman–Crippen MR) is 45.7 cm³/mol. The zero-order valence-corrected chi connectivity index (χ0v) is 6.60. The zero-order chi connectivity index (χ0) is 8.10. The van der Waals surface area contributed by atoms with Crippen LogP contribution < -0.4 is 11.3 Å². The molecule has 0 unspecified atom stereocenters. The van der Waals surface area contributed by atoms with E-state index in [1.54, 1.807) is 17.4 Å². The van der Waals surface area contributed by atoms with E-state index in [1.165, 1.54) is 6.08 Å². The minimum Gasteiger partial charge on any atom is -0.291 e. The molecule has 1 aromatic heterocycles. The molecule has 0 radical (unpaired) electrons. The van der Waals surface area contributed by atoms with Crippen LogP contribution in [0.25, 0.3) is 6.08 Å². The first-order chi connectivity index (χ1) is 5.33. The van der Waals surface area contributed by atoms with Crippen LogP contribution in [0, 0.1) is 0 Å². The first kappa shape index (κ1) is 7.97. The van der Waals surface area contributed by atoms with Gasteiger partial charge in [-0.3, -0.25) is 10.2 Å². The molecule has 1 heterocycles. The molecule has 11 heavy (non-hydrogen) atoms. The van der Waals surface area contributed by atoms with E-state index in [0.29, 0.717) is 0 Å². The molecule has 0 aromatic carbocycles. The molecular formula is C7H8N2OS. The summed E-state index contributed by atoms with van der Waals surface area (Å²) in [5.74, 6) is 4.57. The molecule has 0 spiro atoms. The van der Waals surface area contributed by atoms with Crippen molar-refractivity contribution in [2.45, 2.75) is 0 Å². The number of hydrogen-bond acceptors (Lipinski definition) is 3. The number of nitrogens with two attached hydrogens (primary N) is 1. The van der Waals surface area contributed by atoms with Crippen molar-refractivity contribution in [3.63, 3.8) is 0 Å². The number of amides is 1. The summed E-state index contributed by atoms with van der Waals surface area (Å²) in [6.07, 6.45) is 3.11. The molecule has 0 saturated carbocycles. The number of carbonyl (C=O) groups excluding carboxylic acids is 1. The van der Waals surface area contributed by atoms with Crippen LogP contribution in [0.5, 0.6) is 0 Å². The van der Waals surface area contributed by atoms with E-state index < -0.39 is 0 Å². The summed E-state index contributed by atoms with van der Waals surface area (Å²) in [6, 6.07) is 3.84. The fourth-order valence-corrected chi connectivity index (χ4v) is 1.21. The van der Waals surface area contributed by atoms with Crippen LogP contribution in [0.4, 0.5) is 0 Å². The lowest BCUT2D eigenvalue weighted by atomic mass is 10.4. The molecule has 1 amide bonds. The maximum atomic E-state index is 10.6. The van der Waals surface area contributed by atoms with Crippen molar-refractivity contribution in [1.82, 2.24) is 5.43 Å². The Kier molecular flexibility index (Phi) is 2.83. The molecule has 1 rings (SSSR count). The fraction of sp³-hybridized carbons (Fsp3) is 0. The molecule has 0 saturated heterocycles. The molecule has 0 aliphatic carbocycles. The van der Waals surface area contributed by atoms with Gasteiger partial charge in [-0.15, -0.1) is 11.3 Å². The lowest BCUT2D eigenvalue weighted by Crippen LogP contribution is -2.27. The predicted octanol–water partition coefficient (Wildman–Crippen LogP) is 0.751. The highest BCUT2D eigenvalue weighted by Gasteiger charge is 1.89. The Morgan fingerprint density at radius 2 is 2.55 bits per heavy atom. The molecule has 0 bridgehead atoms. The first-order valence-corrected chi connectivity index (χ1v) is 3.93. The minimum atomic E-state index is -0.293. The Balaban J connectivity index is 2.55. The number of nitrogens with one attached hydrogen (secondary N) is 1. The SMILES string of the molecule is NNC(=O)/C=C/c1cccs1. The molecule has 0 atom stereocenters. The maximum absolute atomic E-state index is 10.6. The van der Waals surface area contributed by atoms with Crippen LogP contribution in [-0.2, 0) is 4.79 Å². The Hall–Kier alpha value is -1.13. The molecule has 0 aliphatic rings. The summed E-state index contributed by atoms with van der Waals surface area (Å²) in [5, 5.41) is 1.94. The highest BCUT2D eigenvalue weighted by atomic mass is 32.1. The van der Waals surface area contributed by atoms with Gasteiger partial charge in [-0.25, -0.2) is 5.84 Å². The summed E-state index contributed by atoms with van der Waals surface area (Å²) in [7, 11) is 0. The molecule has 1 aromatic rings. The Morgan fingerprint density at radius 3 is 3.09 bits per heavy atom. The van der Waals surface area contributed by atoms with Crippen molar-refractivity contribution in [2.24, 2.45) is 5.84 Å². The van der Waals surface area contributed by atoms with Gasteiger partial charge in [0, 0.05) is 11.0 Å². The molecule has 0 aliphatic heterocycles. The molecule has 0 fully saturated rings. The van der Waals surface area contributed by atoms with Crippen molar-refractivity contribution in [2.75, 3.05) is 0 Å². The van der Waals surface area contributed by atoms with Gasteiger partial charge in [0.25, 0.3) is 5.91 Å². The number of hydrogen-bond donors (Lipinski definition) is 2. The van der Waals surface area contributed by atoms with Crippen LogP contribution in [0.2, 0.25) is 0 Å². The zero-order valence-electron chi connectivity index (χ0n) is 5.78. The second-order valence-electron chi connectivity index (χ2n) is 1.86. The minimum absolute atomic E-state index is 0.293. The van der Waals surface area contributed by atoms with Crippen molar-refractivity contribution in [3.05, 3.63) is 28.5 Å². The standard InChI is InChI=1S/C7H8N2OS/c8-9-7(10)4-3-6-2-1-5-11-6/h1-5H,8H2,(H,9,10)/b4-3+. The van der Waals surface area contributed by atoms with Gasteiger partial charge in [0.05, 0.1) is 0 Å². The van der Waals surface area contributed by atoms with Crippen LogP contribution in [-0.4, -0.2) is 5.91 Å². The van der Waals surface area contributed by atoms with Crippen LogP contribution >= 0.6 is 11.3 Å². The van der Waals surface area contributed by atoms with E-state index in [2.05, 4.69) is 0 Å². The van der Waals surface area contributed by atoms with Crippen molar-refractivity contribution in [1.29, 1.82) is 0 Å². The average molecular weight is 168 g/mol. The monoisotopic (exact) mass is 168 g/mol. The van der Waals surface area contributed by atoms with Gasteiger partial charge in [-0.05, 0) is 17.5 Å². The Labute approximate surface area is 68.5 Å². The second kappa shape index (κ2) is 3.90. The second-order valence-corrected chi connectivity index (χ2v) is 2.84. The number of rotatable bonds is 2. The van der Waals surface area contributed by atoms with Gasteiger partial charge < -0.3 is 0 Å². The van der Waals surface area contributed by atoms with Crippen LogP contribution in [0.1, 0.15) is 4.88 Å². The normalized spacial score (nSPS) is 10.3. The van der Waals surface area contributed by atoms with Gasteiger partial charge in [0.15, 0.2) is 0 Å². The van der Waals surface area contributed by atoms with Gasteiger partial charge >= 0.3 is 0 Å². The van der Waals surface area contributed by atoms with E-state index in [-0.39, 0.29) is 5.91 Å². The quantitative estimate of drug-likeness (QED) is 0.296. The van der Waals surface area contributed by atoms with E-state index in [4.69, 9.17) is 5.84 Å². The third-order valence-electron chi connectivity index (χ3n) is 1.08. The summed E-state index contributed by atoms with van der Waals surface area (Å²) < 4.78 is 0. The molecule has 58 valence electrons. The van der Waals surface area contributed by atoms with Gasteiger partial charge in [-0.1, -0.05) is 6.07 Å². The van der Waals surface area contributed by atoms with E-state index >= 15 is 0 Å². The molecule has 4 heteroatoms. The van der Waals surface area contributed by atoms with Crippen molar-refractivity contribution >= 4 is 23.3 Å².